The SMILES string of the molecule is Cn1nnc(COc2cc(CCl)ccc2[N+](=O)[O-])n1. The predicted octanol–water partition coefficient (Wildman–Crippen LogP) is 1.44. The van der Waals surface area contributed by atoms with Gasteiger partial charge in [-0.1, -0.05) is 6.07 Å². The van der Waals surface area contributed by atoms with Crippen molar-refractivity contribution in [2.24, 2.45) is 7.05 Å². The summed E-state index contributed by atoms with van der Waals surface area (Å²) in [5.74, 6) is 0.723. The summed E-state index contributed by atoms with van der Waals surface area (Å²) in [7, 11) is 1.62. The molecule has 0 atom stereocenters. The molecule has 8 nitrogen and oxygen atoms in total. The van der Waals surface area contributed by atoms with Crippen LogP contribution in [0.2, 0.25) is 0 Å². The van der Waals surface area contributed by atoms with Crippen LogP contribution in [0.1, 0.15) is 11.4 Å². The standard InChI is InChI=1S/C10H10ClN5O3/c1-15-13-10(12-14-15)6-19-9-4-7(5-11)2-3-8(9)16(17)18/h2-4H,5-6H2,1H3. The number of nitro groups is 1. The number of tetrazole rings is 1. The minimum Gasteiger partial charge on any atom is -0.478 e. The van der Waals surface area contributed by atoms with Gasteiger partial charge in [-0.05, 0) is 16.8 Å². The van der Waals surface area contributed by atoms with Gasteiger partial charge in [-0.15, -0.1) is 21.8 Å². The summed E-state index contributed by atoms with van der Waals surface area (Å²) in [6.07, 6.45) is 0. The number of nitro benzene ring substituents is 1. The topological polar surface area (TPSA) is 96.0 Å². The van der Waals surface area contributed by atoms with Crippen LogP contribution in [0.3, 0.4) is 0 Å². The third-order valence-electron chi connectivity index (χ3n) is 2.28. The van der Waals surface area contributed by atoms with E-state index in [-0.39, 0.29) is 23.9 Å². The Kier molecular flexibility index (Phi) is 3.91. The average molecular weight is 284 g/mol. The summed E-state index contributed by atoms with van der Waals surface area (Å²) in [5, 5.41) is 22.2. The van der Waals surface area contributed by atoms with Crippen LogP contribution in [0.5, 0.6) is 5.75 Å². The molecule has 0 spiro atoms. The van der Waals surface area contributed by atoms with Crippen molar-refractivity contribution in [3.8, 4) is 5.75 Å². The summed E-state index contributed by atoms with van der Waals surface area (Å²) in [4.78, 5) is 11.6. The largest absolute Gasteiger partial charge is 0.478 e. The summed E-state index contributed by atoms with van der Waals surface area (Å²) in [6.45, 7) is 0.000416. The molecular formula is C10H10ClN5O3. The molecule has 2 rings (SSSR count). The first-order valence-corrected chi connectivity index (χ1v) is 5.82. The van der Waals surface area contributed by atoms with E-state index in [1.165, 1.54) is 16.9 Å². The zero-order valence-corrected chi connectivity index (χ0v) is 10.7. The lowest BCUT2D eigenvalue weighted by Crippen LogP contribution is -2.02. The molecule has 0 saturated heterocycles. The molecule has 0 N–H and O–H groups in total. The summed E-state index contributed by atoms with van der Waals surface area (Å²) >= 11 is 5.69. The minimum atomic E-state index is -0.516. The van der Waals surface area contributed by atoms with Crippen LogP contribution in [0.4, 0.5) is 5.69 Å². The fourth-order valence-corrected chi connectivity index (χ4v) is 1.60. The number of halogens is 1. The smallest absolute Gasteiger partial charge is 0.310 e. The van der Waals surface area contributed by atoms with Crippen molar-refractivity contribution in [2.45, 2.75) is 12.5 Å². The number of benzene rings is 1. The van der Waals surface area contributed by atoms with Gasteiger partial charge in [0.2, 0.25) is 5.82 Å². The Morgan fingerprint density at radius 1 is 1.53 bits per heavy atom. The van der Waals surface area contributed by atoms with Gasteiger partial charge < -0.3 is 4.74 Å². The van der Waals surface area contributed by atoms with Crippen LogP contribution in [0.25, 0.3) is 0 Å². The van der Waals surface area contributed by atoms with Gasteiger partial charge in [0.15, 0.2) is 12.4 Å². The van der Waals surface area contributed by atoms with Gasteiger partial charge in [-0.2, -0.15) is 4.80 Å². The molecule has 2 aromatic rings. The van der Waals surface area contributed by atoms with E-state index in [4.69, 9.17) is 16.3 Å². The number of alkyl halides is 1. The van der Waals surface area contributed by atoms with E-state index in [0.29, 0.717) is 5.82 Å². The minimum absolute atomic E-state index is 0.000416. The quantitative estimate of drug-likeness (QED) is 0.468. The molecule has 9 heteroatoms. The number of hydrogen-bond donors (Lipinski definition) is 0. The number of nitrogens with zero attached hydrogens (tertiary/aromatic N) is 5. The molecule has 0 amide bonds. The molecule has 0 fully saturated rings. The fraction of sp³-hybridized carbons (Fsp3) is 0.300. The molecule has 0 bridgehead atoms. The second kappa shape index (κ2) is 5.61. The number of rotatable bonds is 5. The highest BCUT2D eigenvalue weighted by molar-refractivity contribution is 6.17. The number of hydrogen-bond acceptors (Lipinski definition) is 6. The average Bonchev–Trinajstić information content (AvgIpc) is 2.81. The van der Waals surface area contributed by atoms with Gasteiger partial charge in [-0.25, -0.2) is 0 Å². The zero-order chi connectivity index (χ0) is 13.8. The normalized spacial score (nSPS) is 10.4. The van der Waals surface area contributed by atoms with Gasteiger partial charge >= 0.3 is 5.69 Å². The first-order chi connectivity index (χ1) is 9.10. The van der Waals surface area contributed by atoms with E-state index in [1.54, 1.807) is 13.1 Å². The second-order valence-corrected chi connectivity index (χ2v) is 3.94. The van der Waals surface area contributed by atoms with E-state index in [0.717, 1.165) is 5.56 Å². The molecule has 1 aromatic heterocycles. The molecule has 0 aliphatic heterocycles. The zero-order valence-electron chi connectivity index (χ0n) is 9.99. The molecule has 19 heavy (non-hydrogen) atoms. The van der Waals surface area contributed by atoms with E-state index in [1.807, 2.05) is 0 Å². The van der Waals surface area contributed by atoms with Gasteiger partial charge in [0, 0.05) is 11.9 Å². The number of aromatic nitrogens is 4. The summed E-state index contributed by atoms with van der Waals surface area (Å²) < 4.78 is 5.36. The van der Waals surface area contributed by atoms with Crippen LogP contribution in [-0.2, 0) is 19.5 Å². The van der Waals surface area contributed by atoms with Crippen molar-refractivity contribution in [1.82, 2.24) is 20.2 Å². The third-order valence-corrected chi connectivity index (χ3v) is 2.59. The van der Waals surface area contributed by atoms with Crippen molar-refractivity contribution in [2.75, 3.05) is 0 Å². The highest BCUT2D eigenvalue weighted by Gasteiger charge is 2.16. The first-order valence-electron chi connectivity index (χ1n) is 5.29. The van der Waals surface area contributed by atoms with Gasteiger partial charge in [-0.3, -0.25) is 10.1 Å². The second-order valence-electron chi connectivity index (χ2n) is 3.68. The van der Waals surface area contributed by atoms with Crippen LogP contribution < -0.4 is 4.74 Å². The van der Waals surface area contributed by atoms with Gasteiger partial charge in [0.25, 0.3) is 0 Å². The van der Waals surface area contributed by atoms with E-state index in [2.05, 4.69) is 15.4 Å². The van der Waals surface area contributed by atoms with Crippen LogP contribution in [0.15, 0.2) is 18.2 Å². The van der Waals surface area contributed by atoms with E-state index >= 15 is 0 Å². The maximum absolute atomic E-state index is 10.9. The van der Waals surface area contributed by atoms with Crippen LogP contribution in [-0.4, -0.2) is 25.1 Å². The molecular weight excluding hydrogens is 274 g/mol. The molecule has 0 radical (unpaired) electrons. The van der Waals surface area contributed by atoms with Crippen molar-refractivity contribution in [3.63, 3.8) is 0 Å². The summed E-state index contributed by atoms with van der Waals surface area (Å²) in [5.41, 5.74) is 0.604. The number of ether oxygens (including phenoxy) is 1. The Balaban J connectivity index is 2.19. The Labute approximate surface area is 113 Å². The monoisotopic (exact) mass is 283 g/mol. The van der Waals surface area contributed by atoms with E-state index in [9.17, 15) is 10.1 Å². The van der Waals surface area contributed by atoms with Crippen molar-refractivity contribution in [3.05, 3.63) is 39.7 Å². The van der Waals surface area contributed by atoms with Crippen LogP contribution in [0, 0.1) is 10.1 Å². The van der Waals surface area contributed by atoms with Gasteiger partial charge in [0.05, 0.1) is 12.0 Å². The molecule has 0 aliphatic rings. The predicted molar refractivity (Wildman–Crippen MR) is 65.8 cm³/mol. The molecule has 0 unspecified atom stereocenters. The lowest BCUT2D eigenvalue weighted by Gasteiger charge is -2.05. The highest BCUT2D eigenvalue weighted by atomic mass is 35.5. The Bertz CT molecular complexity index is 601. The lowest BCUT2D eigenvalue weighted by molar-refractivity contribution is -0.386. The summed E-state index contributed by atoms with van der Waals surface area (Å²) in [6, 6.07) is 4.47. The third kappa shape index (κ3) is 3.16. The molecule has 1 aromatic carbocycles. The molecule has 0 aliphatic carbocycles. The highest BCUT2D eigenvalue weighted by Crippen LogP contribution is 2.29. The van der Waals surface area contributed by atoms with E-state index < -0.39 is 4.92 Å². The number of aryl methyl sites for hydroxylation is 1. The maximum atomic E-state index is 10.9. The first kappa shape index (κ1) is 13.2. The Hall–Kier alpha value is -2.22. The van der Waals surface area contributed by atoms with Crippen molar-refractivity contribution < 1.29 is 9.66 Å². The Morgan fingerprint density at radius 3 is 2.89 bits per heavy atom. The molecule has 1 heterocycles. The van der Waals surface area contributed by atoms with Crippen LogP contribution >= 0.6 is 11.6 Å². The van der Waals surface area contributed by atoms with Crippen molar-refractivity contribution >= 4 is 17.3 Å². The van der Waals surface area contributed by atoms with Gasteiger partial charge in [0.1, 0.15) is 0 Å². The van der Waals surface area contributed by atoms with Crippen molar-refractivity contribution in [1.29, 1.82) is 0 Å². The molecule has 0 saturated carbocycles. The lowest BCUT2D eigenvalue weighted by atomic mass is 10.2. The molecule has 100 valence electrons. The Morgan fingerprint density at radius 2 is 2.32 bits per heavy atom. The maximum Gasteiger partial charge on any atom is 0.310 e. The fourth-order valence-electron chi connectivity index (χ4n) is 1.43.